The maximum atomic E-state index is 12.2. The third-order valence-corrected chi connectivity index (χ3v) is 3.00. The first-order valence-electron chi connectivity index (χ1n) is 8.04. The van der Waals surface area contributed by atoms with Gasteiger partial charge in [0.15, 0.2) is 0 Å². The Labute approximate surface area is 142 Å². The largest absolute Gasteiger partial charge is 0.489 e. The van der Waals surface area contributed by atoms with Crippen LogP contribution in [0.5, 0.6) is 5.75 Å². The number of carbonyl (C=O) groups is 1. The summed E-state index contributed by atoms with van der Waals surface area (Å²) in [7, 11) is 0. The summed E-state index contributed by atoms with van der Waals surface area (Å²) in [5, 5.41) is 6.04. The maximum Gasteiger partial charge on any atom is 0.270 e. The van der Waals surface area contributed by atoms with Gasteiger partial charge in [0.2, 0.25) is 0 Å². The average molecular weight is 328 g/mol. The Balaban J connectivity index is 2.27. The van der Waals surface area contributed by atoms with Gasteiger partial charge in [-0.2, -0.15) is 0 Å². The number of para-hydroxylation sites is 2. The second-order valence-corrected chi connectivity index (χ2v) is 6.10. The summed E-state index contributed by atoms with van der Waals surface area (Å²) < 4.78 is 5.79. The van der Waals surface area contributed by atoms with Crippen LogP contribution in [-0.2, 0) is 0 Å². The Morgan fingerprint density at radius 1 is 1.12 bits per heavy atom. The van der Waals surface area contributed by atoms with Crippen LogP contribution in [0.15, 0.2) is 30.3 Å². The van der Waals surface area contributed by atoms with Crippen molar-refractivity contribution < 1.29 is 9.53 Å². The Hall–Kier alpha value is -2.63. The van der Waals surface area contributed by atoms with E-state index in [0.29, 0.717) is 17.3 Å². The molecule has 0 radical (unpaired) electrons. The summed E-state index contributed by atoms with van der Waals surface area (Å²) in [4.78, 5) is 20.7. The van der Waals surface area contributed by atoms with E-state index in [-0.39, 0.29) is 18.1 Å². The standard InChI is InChI=1S/C18H24N4O2/c1-11(2)19-18(23)15-10-17(21-13(5)20-15)22-14-8-6-7-9-16(14)24-12(3)4/h6-12H,1-5H3,(H,19,23)(H,20,21,22). The predicted octanol–water partition coefficient (Wildman–Crippen LogP) is 3.45. The lowest BCUT2D eigenvalue weighted by molar-refractivity contribution is 0.0937. The minimum atomic E-state index is -0.217. The van der Waals surface area contributed by atoms with Crippen LogP contribution in [0.25, 0.3) is 0 Å². The Bertz CT molecular complexity index is 714. The molecular weight excluding hydrogens is 304 g/mol. The van der Waals surface area contributed by atoms with E-state index in [4.69, 9.17) is 4.74 Å². The highest BCUT2D eigenvalue weighted by Crippen LogP contribution is 2.27. The highest BCUT2D eigenvalue weighted by Gasteiger charge is 2.13. The summed E-state index contributed by atoms with van der Waals surface area (Å²) >= 11 is 0. The summed E-state index contributed by atoms with van der Waals surface area (Å²) in [6.45, 7) is 9.52. The quantitative estimate of drug-likeness (QED) is 0.849. The fourth-order valence-corrected chi connectivity index (χ4v) is 2.15. The van der Waals surface area contributed by atoms with Crippen molar-refractivity contribution in [3.8, 4) is 5.75 Å². The van der Waals surface area contributed by atoms with Crippen molar-refractivity contribution in [2.45, 2.75) is 46.8 Å². The van der Waals surface area contributed by atoms with Gasteiger partial charge in [0, 0.05) is 12.1 Å². The Morgan fingerprint density at radius 3 is 2.50 bits per heavy atom. The fraction of sp³-hybridized carbons (Fsp3) is 0.389. The number of ether oxygens (including phenoxy) is 1. The van der Waals surface area contributed by atoms with Gasteiger partial charge in [-0.25, -0.2) is 9.97 Å². The van der Waals surface area contributed by atoms with E-state index in [2.05, 4.69) is 20.6 Å². The molecule has 0 saturated heterocycles. The number of nitrogens with zero attached hydrogens (tertiary/aromatic N) is 2. The SMILES string of the molecule is Cc1nc(Nc2ccccc2OC(C)C)cc(C(=O)NC(C)C)n1. The first kappa shape index (κ1) is 17.7. The van der Waals surface area contributed by atoms with E-state index in [1.54, 1.807) is 13.0 Å². The molecule has 0 bridgehead atoms. The molecule has 0 aliphatic carbocycles. The van der Waals surface area contributed by atoms with Crippen molar-refractivity contribution >= 4 is 17.4 Å². The summed E-state index contributed by atoms with van der Waals surface area (Å²) in [6.07, 6.45) is 0.0625. The van der Waals surface area contributed by atoms with Gasteiger partial charge >= 0.3 is 0 Å². The van der Waals surface area contributed by atoms with Crippen molar-refractivity contribution in [3.63, 3.8) is 0 Å². The molecule has 0 spiro atoms. The first-order valence-corrected chi connectivity index (χ1v) is 8.04. The van der Waals surface area contributed by atoms with Crippen LogP contribution in [0.4, 0.5) is 11.5 Å². The van der Waals surface area contributed by atoms with E-state index < -0.39 is 0 Å². The molecule has 2 aromatic rings. The van der Waals surface area contributed by atoms with Gasteiger partial charge in [0.05, 0.1) is 11.8 Å². The summed E-state index contributed by atoms with van der Waals surface area (Å²) in [5.74, 6) is 1.59. The van der Waals surface area contributed by atoms with Gasteiger partial charge in [-0.3, -0.25) is 4.79 Å². The number of benzene rings is 1. The number of carbonyl (C=O) groups excluding carboxylic acids is 1. The zero-order valence-corrected chi connectivity index (χ0v) is 14.8. The van der Waals surface area contributed by atoms with Crippen LogP contribution in [0.1, 0.15) is 44.0 Å². The second-order valence-electron chi connectivity index (χ2n) is 6.10. The van der Waals surface area contributed by atoms with Gasteiger partial charge in [0.1, 0.15) is 23.1 Å². The van der Waals surface area contributed by atoms with Crippen molar-refractivity contribution in [1.29, 1.82) is 0 Å². The smallest absolute Gasteiger partial charge is 0.270 e. The third-order valence-electron chi connectivity index (χ3n) is 3.00. The van der Waals surface area contributed by atoms with Crippen LogP contribution in [-0.4, -0.2) is 28.0 Å². The normalized spacial score (nSPS) is 10.8. The molecule has 1 amide bonds. The number of nitrogens with one attached hydrogen (secondary N) is 2. The monoisotopic (exact) mass is 328 g/mol. The van der Waals surface area contributed by atoms with Crippen molar-refractivity contribution in [2.24, 2.45) is 0 Å². The van der Waals surface area contributed by atoms with Gasteiger partial charge in [-0.1, -0.05) is 12.1 Å². The number of aryl methyl sites for hydroxylation is 1. The van der Waals surface area contributed by atoms with Gasteiger partial charge < -0.3 is 15.4 Å². The zero-order chi connectivity index (χ0) is 17.7. The Kier molecular flexibility index (Phi) is 5.73. The molecule has 0 atom stereocenters. The van der Waals surface area contributed by atoms with Crippen molar-refractivity contribution in [3.05, 3.63) is 41.9 Å². The minimum absolute atomic E-state index is 0.0457. The molecule has 2 N–H and O–H groups in total. The van der Waals surface area contributed by atoms with Gasteiger partial charge in [-0.15, -0.1) is 0 Å². The van der Waals surface area contributed by atoms with Crippen LogP contribution < -0.4 is 15.4 Å². The van der Waals surface area contributed by atoms with E-state index >= 15 is 0 Å². The van der Waals surface area contributed by atoms with Crippen molar-refractivity contribution in [2.75, 3.05) is 5.32 Å². The lowest BCUT2D eigenvalue weighted by atomic mass is 10.2. The fourth-order valence-electron chi connectivity index (χ4n) is 2.15. The molecule has 0 saturated carbocycles. The van der Waals surface area contributed by atoms with Crippen LogP contribution >= 0.6 is 0 Å². The van der Waals surface area contributed by atoms with E-state index in [1.807, 2.05) is 52.0 Å². The number of aromatic nitrogens is 2. The molecule has 6 heteroatoms. The van der Waals surface area contributed by atoms with E-state index in [1.165, 1.54) is 0 Å². The highest BCUT2D eigenvalue weighted by atomic mass is 16.5. The lowest BCUT2D eigenvalue weighted by Gasteiger charge is -2.15. The molecular formula is C18H24N4O2. The minimum Gasteiger partial charge on any atom is -0.489 e. The van der Waals surface area contributed by atoms with E-state index in [9.17, 15) is 4.79 Å². The first-order chi connectivity index (χ1) is 11.3. The third kappa shape index (κ3) is 4.94. The summed E-state index contributed by atoms with van der Waals surface area (Å²) in [6, 6.07) is 9.30. The molecule has 24 heavy (non-hydrogen) atoms. The zero-order valence-electron chi connectivity index (χ0n) is 14.8. The lowest BCUT2D eigenvalue weighted by Crippen LogP contribution is -2.31. The molecule has 1 aromatic heterocycles. The highest BCUT2D eigenvalue weighted by molar-refractivity contribution is 5.93. The topological polar surface area (TPSA) is 76.1 Å². The molecule has 0 fully saturated rings. The number of hydrogen-bond donors (Lipinski definition) is 2. The summed E-state index contributed by atoms with van der Waals surface area (Å²) in [5.41, 5.74) is 1.13. The molecule has 128 valence electrons. The number of anilines is 2. The van der Waals surface area contributed by atoms with Crippen molar-refractivity contribution in [1.82, 2.24) is 15.3 Å². The molecule has 1 heterocycles. The molecule has 0 aliphatic rings. The van der Waals surface area contributed by atoms with Crippen LogP contribution in [0.2, 0.25) is 0 Å². The average Bonchev–Trinajstić information content (AvgIpc) is 2.47. The number of rotatable bonds is 6. The second kappa shape index (κ2) is 7.77. The molecule has 6 nitrogen and oxygen atoms in total. The predicted molar refractivity (Wildman–Crippen MR) is 94.9 cm³/mol. The number of hydrogen-bond acceptors (Lipinski definition) is 5. The van der Waals surface area contributed by atoms with Gasteiger partial charge in [-0.05, 0) is 46.8 Å². The van der Waals surface area contributed by atoms with Crippen LogP contribution in [0, 0.1) is 6.92 Å². The molecule has 2 rings (SSSR count). The van der Waals surface area contributed by atoms with E-state index in [0.717, 1.165) is 11.4 Å². The molecule has 0 aliphatic heterocycles. The molecule has 0 unspecified atom stereocenters. The van der Waals surface area contributed by atoms with Gasteiger partial charge in [0.25, 0.3) is 5.91 Å². The maximum absolute atomic E-state index is 12.2. The number of amides is 1. The Morgan fingerprint density at radius 2 is 1.83 bits per heavy atom. The molecule has 1 aromatic carbocycles. The van der Waals surface area contributed by atoms with Crippen LogP contribution in [0.3, 0.4) is 0 Å².